The molecule has 1 unspecified atom stereocenters. The molecular formula is C23H27N3O3. The largest absolute Gasteiger partial charge is 0.378 e. The average Bonchev–Trinajstić information content (AvgIpc) is 3.22. The predicted octanol–water partition coefficient (Wildman–Crippen LogP) is 2.70. The second kappa shape index (κ2) is 9.09. The van der Waals surface area contributed by atoms with Crippen LogP contribution in [0.3, 0.4) is 0 Å². The number of benzene rings is 2. The van der Waals surface area contributed by atoms with Gasteiger partial charge in [-0.2, -0.15) is 0 Å². The molecule has 0 bridgehead atoms. The van der Waals surface area contributed by atoms with Crippen LogP contribution in [-0.4, -0.2) is 55.6 Å². The Morgan fingerprint density at radius 2 is 1.79 bits per heavy atom. The van der Waals surface area contributed by atoms with Crippen molar-refractivity contribution in [2.45, 2.75) is 25.3 Å². The van der Waals surface area contributed by atoms with Gasteiger partial charge in [-0.1, -0.05) is 36.4 Å². The number of ether oxygens (including phenoxy) is 1. The molecule has 6 heteroatoms. The molecule has 2 aromatic rings. The fourth-order valence-corrected chi connectivity index (χ4v) is 4.12. The number of anilines is 2. The topological polar surface area (TPSA) is 61.9 Å². The minimum absolute atomic E-state index is 0.0790. The summed E-state index contributed by atoms with van der Waals surface area (Å²) < 4.78 is 5.40. The molecule has 2 amide bonds. The van der Waals surface area contributed by atoms with Gasteiger partial charge in [0.15, 0.2) is 0 Å². The fraction of sp³-hybridized carbons (Fsp3) is 0.391. The van der Waals surface area contributed by atoms with Crippen LogP contribution in [0.5, 0.6) is 0 Å². The molecule has 2 saturated heterocycles. The molecule has 29 heavy (non-hydrogen) atoms. The van der Waals surface area contributed by atoms with Crippen LogP contribution >= 0.6 is 0 Å². The summed E-state index contributed by atoms with van der Waals surface area (Å²) in [6.07, 6.45) is 2.65. The number of amides is 2. The van der Waals surface area contributed by atoms with Crippen molar-refractivity contribution in [2.75, 3.05) is 43.1 Å². The van der Waals surface area contributed by atoms with E-state index in [4.69, 9.17) is 4.74 Å². The number of rotatable bonds is 4. The maximum atomic E-state index is 12.8. The van der Waals surface area contributed by atoms with Crippen molar-refractivity contribution in [3.63, 3.8) is 0 Å². The van der Waals surface area contributed by atoms with Crippen LogP contribution in [0.15, 0.2) is 54.6 Å². The van der Waals surface area contributed by atoms with Crippen LogP contribution in [-0.2, 0) is 20.7 Å². The third-order valence-corrected chi connectivity index (χ3v) is 5.63. The van der Waals surface area contributed by atoms with Gasteiger partial charge in [-0.15, -0.1) is 0 Å². The van der Waals surface area contributed by atoms with Gasteiger partial charge < -0.3 is 19.9 Å². The quantitative estimate of drug-likeness (QED) is 0.812. The molecule has 0 aromatic heterocycles. The van der Waals surface area contributed by atoms with Gasteiger partial charge in [0.25, 0.3) is 0 Å². The Bertz CT molecular complexity index is 849. The zero-order chi connectivity index (χ0) is 20.1. The van der Waals surface area contributed by atoms with Gasteiger partial charge in [0.2, 0.25) is 0 Å². The summed E-state index contributed by atoms with van der Waals surface area (Å²) in [6.45, 7) is 3.69. The molecule has 2 heterocycles. The van der Waals surface area contributed by atoms with Gasteiger partial charge >= 0.3 is 11.8 Å². The van der Waals surface area contributed by atoms with Gasteiger partial charge in [0.1, 0.15) is 0 Å². The second-order valence-corrected chi connectivity index (χ2v) is 7.59. The van der Waals surface area contributed by atoms with Crippen LogP contribution in [0.4, 0.5) is 11.4 Å². The van der Waals surface area contributed by atoms with Crippen LogP contribution in [0.1, 0.15) is 18.4 Å². The zero-order valence-corrected chi connectivity index (χ0v) is 16.5. The monoisotopic (exact) mass is 393 g/mol. The van der Waals surface area contributed by atoms with E-state index >= 15 is 0 Å². The molecule has 2 aliphatic rings. The van der Waals surface area contributed by atoms with Crippen molar-refractivity contribution in [1.82, 2.24) is 4.90 Å². The van der Waals surface area contributed by atoms with E-state index in [9.17, 15) is 9.59 Å². The first-order valence-corrected chi connectivity index (χ1v) is 10.3. The van der Waals surface area contributed by atoms with Gasteiger partial charge in [-0.05, 0) is 43.0 Å². The number of nitrogens with one attached hydrogen (secondary N) is 1. The summed E-state index contributed by atoms with van der Waals surface area (Å²) in [4.78, 5) is 29.4. The standard InChI is InChI=1S/C23H27N3O3/c27-22(24-19-8-4-9-20(17-19)25-12-14-29-15-13-25)23(28)26-11-5-10-21(26)16-18-6-2-1-3-7-18/h1-4,6-9,17,21H,5,10-16H2,(H,24,27). The van der Waals surface area contributed by atoms with Crippen LogP contribution in [0.25, 0.3) is 0 Å². The van der Waals surface area contributed by atoms with E-state index in [1.54, 1.807) is 4.90 Å². The molecule has 0 spiro atoms. The first-order chi connectivity index (χ1) is 14.2. The number of carbonyl (C=O) groups is 2. The highest BCUT2D eigenvalue weighted by atomic mass is 16.5. The highest BCUT2D eigenvalue weighted by Crippen LogP contribution is 2.23. The van der Waals surface area contributed by atoms with Crippen molar-refractivity contribution in [3.8, 4) is 0 Å². The van der Waals surface area contributed by atoms with Gasteiger partial charge in [-0.3, -0.25) is 9.59 Å². The Morgan fingerprint density at radius 3 is 2.59 bits per heavy atom. The summed E-state index contributed by atoms with van der Waals surface area (Å²) >= 11 is 0. The Hall–Kier alpha value is -2.86. The normalized spacial score (nSPS) is 19.2. The summed E-state index contributed by atoms with van der Waals surface area (Å²) in [7, 11) is 0. The van der Waals surface area contributed by atoms with Gasteiger partial charge in [-0.25, -0.2) is 0 Å². The van der Waals surface area contributed by atoms with E-state index < -0.39 is 11.8 Å². The number of hydrogen-bond donors (Lipinski definition) is 1. The van der Waals surface area contributed by atoms with Crippen molar-refractivity contribution in [2.24, 2.45) is 0 Å². The Morgan fingerprint density at radius 1 is 1.00 bits per heavy atom. The lowest BCUT2D eigenvalue weighted by atomic mass is 10.0. The molecular weight excluding hydrogens is 366 g/mol. The van der Waals surface area contributed by atoms with Crippen molar-refractivity contribution >= 4 is 23.2 Å². The summed E-state index contributed by atoms with van der Waals surface area (Å²) in [5, 5.41) is 2.79. The second-order valence-electron chi connectivity index (χ2n) is 7.59. The Balaban J connectivity index is 1.39. The molecule has 2 aromatic carbocycles. The molecule has 0 saturated carbocycles. The Labute approximate surface area is 171 Å². The van der Waals surface area contributed by atoms with E-state index in [0.29, 0.717) is 25.4 Å². The smallest absolute Gasteiger partial charge is 0.313 e. The first-order valence-electron chi connectivity index (χ1n) is 10.3. The number of likely N-dealkylation sites (tertiary alicyclic amines) is 1. The molecule has 1 N–H and O–H groups in total. The molecule has 0 aliphatic carbocycles. The van der Waals surface area contributed by atoms with E-state index in [1.165, 1.54) is 5.56 Å². The van der Waals surface area contributed by atoms with E-state index in [2.05, 4.69) is 22.3 Å². The molecule has 0 radical (unpaired) electrons. The third kappa shape index (κ3) is 4.77. The molecule has 1 atom stereocenters. The first kappa shape index (κ1) is 19.5. The molecule has 152 valence electrons. The number of hydrogen-bond acceptors (Lipinski definition) is 4. The van der Waals surface area contributed by atoms with Gasteiger partial charge in [0, 0.05) is 37.1 Å². The molecule has 4 rings (SSSR count). The zero-order valence-electron chi connectivity index (χ0n) is 16.5. The van der Waals surface area contributed by atoms with Crippen LogP contribution in [0, 0.1) is 0 Å². The van der Waals surface area contributed by atoms with E-state index in [-0.39, 0.29) is 6.04 Å². The highest BCUT2D eigenvalue weighted by Gasteiger charge is 2.32. The maximum absolute atomic E-state index is 12.8. The van der Waals surface area contributed by atoms with Crippen molar-refractivity contribution < 1.29 is 14.3 Å². The van der Waals surface area contributed by atoms with Gasteiger partial charge in [0.05, 0.1) is 13.2 Å². The van der Waals surface area contributed by atoms with Crippen molar-refractivity contribution in [1.29, 1.82) is 0 Å². The third-order valence-electron chi connectivity index (χ3n) is 5.63. The minimum atomic E-state index is -0.566. The Kier molecular flexibility index (Phi) is 6.10. The highest BCUT2D eigenvalue weighted by molar-refractivity contribution is 6.39. The number of morpholine rings is 1. The number of carbonyl (C=O) groups excluding carboxylic acids is 2. The van der Waals surface area contributed by atoms with Crippen LogP contribution in [0.2, 0.25) is 0 Å². The fourth-order valence-electron chi connectivity index (χ4n) is 4.12. The average molecular weight is 393 g/mol. The van der Waals surface area contributed by atoms with Crippen LogP contribution < -0.4 is 10.2 Å². The predicted molar refractivity (Wildman–Crippen MR) is 113 cm³/mol. The lowest BCUT2D eigenvalue weighted by Gasteiger charge is -2.29. The summed E-state index contributed by atoms with van der Waals surface area (Å²) in [5.41, 5.74) is 2.86. The lowest BCUT2D eigenvalue weighted by Crippen LogP contribution is -2.43. The van der Waals surface area contributed by atoms with E-state index in [0.717, 1.165) is 38.0 Å². The molecule has 2 fully saturated rings. The summed E-state index contributed by atoms with van der Waals surface area (Å²) in [6, 6.07) is 17.9. The molecule has 6 nitrogen and oxygen atoms in total. The SMILES string of the molecule is O=C(Nc1cccc(N2CCOCC2)c1)C(=O)N1CCCC1Cc1ccccc1. The van der Waals surface area contributed by atoms with Crippen molar-refractivity contribution in [3.05, 3.63) is 60.2 Å². The maximum Gasteiger partial charge on any atom is 0.313 e. The lowest BCUT2D eigenvalue weighted by molar-refractivity contribution is -0.143. The minimum Gasteiger partial charge on any atom is -0.378 e. The van der Waals surface area contributed by atoms with E-state index in [1.807, 2.05) is 42.5 Å². The number of nitrogens with zero attached hydrogens (tertiary/aromatic N) is 2. The molecule has 2 aliphatic heterocycles. The summed E-state index contributed by atoms with van der Waals surface area (Å²) in [5.74, 6) is -1.01.